The Kier molecular flexibility index (Phi) is 3.66. The zero-order chi connectivity index (χ0) is 17.4. The number of carbonyl (C=O) groups is 1. The van der Waals surface area contributed by atoms with Crippen LogP contribution in [0, 0.1) is 11.3 Å². The molecule has 5 heteroatoms. The van der Waals surface area contributed by atoms with Gasteiger partial charge in [-0.05, 0) is 30.0 Å². The van der Waals surface area contributed by atoms with Gasteiger partial charge in [0.25, 0.3) is 0 Å². The van der Waals surface area contributed by atoms with Crippen LogP contribution in [0.15, 0.2) is 75.8 Å². The fourth-order valence-electron chi connectivity index (χ4n) is 3.74. The zero-order valence-electron chi connectivity index (χ0n) is 13.5. The van der Waals surface area contributed by atoms with E-state index >= 15 is 0 Å². The fraction of sp³-hybridized carbons (Fsp3) is 0.200. The van der Waals surface area contributed by atoms with Crippen molar-refractivity contribution in [3.05, 3.63) is 82.7 Å². The Balaban J connectivity index is 1.78. The Hall–Kier alpha value is -3.26. The number of nitriles is 1. The van der Waals surface area contributed by atoms with Gasteiger partial charge in [-0.1, -0.05) is 30.3 Å². The molecule has 124 valence electrons. The molecular formula is C20H17N3O2. The van der Waals surface area contributed by atoms with Crippen molar-refractivity contribution in [1.82, 2.24) is 5.32 Å². The predicted molar refractivity (Wildman–Crippen MR) is 91.9 cm³/mol. The lowest BCUT2D eigenvalue weighted by Crippen LogP contribution is -2.36. The summed E-state index contributed by atoms with van der Waals surface area (Å²) in [4.78, 5) is 13.0. The van der Waals surface area contributed by atoms with Crippen LogP contribution in [-0.4, -0.2) is 5.78 Å². The van der Waals surface area contributed by atoms with Crippen molar-refractivity contribution in [2.45, 2.75) is 24.7 Å². The molecule has 3 N–H and O–H groups in total. The molecule has 0 saturated heterocycles. The molecule has 0 radical (unpaired) electrons. The van der Waals surface area contributed by atoms with E-state index in [1.807, 2.05) is 30.3 Å². The Labute approximate surface area is 145 Å². The van der Waals surface area contributed by atoms with Crippen molar-refractivity contribution >= 4 is 5.78 Å². The first-order chi connectivity index (χ1) is 12.2. The summed E-state index contributed by atoms with van der Waals surface area (Å²) in [5.41, 5.74) is 8.95. The molecule has 1 aromatic heterocycles. The molecule has 0 spiro atoms. The third kappa shape index (κ3) is 2.52. The molecular weight excluding hydrogens is 314 g/mol. The van der Waals surface area contributed by atoms with Crippen LogP contribution in [0.1, 0.15) is 36.0 Å². The normalized spacial score (nSPS) is 23.1. The highest BCUT2D eigenvalue weighted by molar-refractivity contribution is 6.00. The molecule has 25 heavy (non-hydrogen) atoms. The van der Waals surface area contributed by atoms with Crippen molar-refractivity contribution < 1.29 is 9.21 Å². The summed E-state index contributed by atoms with van der Waals surface area (Å²) in [6.45, 7) is 0. The molecule has 5 nitrogen and oxygen atoms in total. The summed E-state index contributed by atoms with van der Waals surface area (Å²) in [5.74, 6) is 0.475. The quantitative estimate of drug-likeness (QED) is 0.882. The molecule has 4 rings (SSSR count). The Morgan fingerprint density at radius 3 is 2.64 bits per heavy atom. The average molecular weight is 331 g/mol. The second-order valence-electron chi connectivity index (χ2n) is 6.34. The van der Waals surface area contributed by atoms with Gasteiger partial charge in [0.15, 0.2) is 5.78 Å². The number of dihydropyridines is 1. The second-order valence-corrected chi connectivity index (χ2v) is 6.34. The largest absolute Gasteiger partial charge is 0.468 e. The summed E-state index contributed by atoms with van der Waals surface area (Å²) < 4.78 is 5.51. The minimum atomic E-state index is -0.527. The maximum absolute atomic E-state index is 13.0. The van der Waals surface area contributed by atoms with Gasteiger partial charge in [0.2, 0.25) is 0 Å². The number of Topliss-reactive ketones (excluding diaryl/α,β-unsaturated/α-hetero) is 1. The van der Waals surface area contributed by atoms with E-state index in [1.165, 1.54) is 0 Å². The number of carbonyl (C=O) groups excluding carboxylic acids is 1. The molecule has 2 aliphatic rings. The van der Waals surface area contributed by atoms with E-state index in [-0.39, 0.29) is 11.7 Å². The van der Waals surface area contributed by atoms with Crippen LogP contribution in [0.4, 0.5) is 0 Å². The van der Waals surface area contributed by atoms with Gasteiger partial charge in [-0.15, -0.1) is 0 Å². The van der Waals surface area contributed by atoms with Crippen LogP contribution in [-0.2, 0) is 4.79 Å². The molecule has 1 aromatic carbocycles. The lowest BCUT2D eigenvalue weighted by atomic mass is 9.74. The predicted octanol–water partition coefficient (Wildman–Crippen LogP) is 3.06. The van der Waals surface area contributed by atoms with Crippen LogP contribution >= 0.6 is 0 Å². The average Bonchev–Trinajstić information content (AvgIpc) is 3.15. The first-order valence-electron chi connectivity index (χ1n) is 8.20. The SMILES string of the molecule is N#CC1=C(N)NC2=C(C(=O)CC(c3ccccc3)C2)C1c1ccco1. The van der Waals surface area contributed by atoms with Crippen molar-refractivity contribution in [2.75, 3.05) is 0 Å². The summed E-state index contributed by atoms with van der Waals surface area (Å²) in [6, 6.07) is 15.7. The van der Waals surface area contributed by atoms with Gasteiger partial charge in [-0.2, -0.15) is 5.26 Å². The molecule has 0 bridgehead atoms. The number of hydrogen-bond acceptors (Lipinski definition) is 5. The first kappa shape index (κ1) is 15.3. The topological polar surface area (TPSA) is 92.0 Å². The monoisotopic (exact) mass is 331 g/mol. The molecule has 2 atom stereocenters. The van der Waals surface area contributed by atoms with Crippen molar-refractivity contribution in [3.63, 3.8) is 0 Å². The number of rotatable bonds is 2. The summed E-state index contributed by atoms with van der Waals surface area (Å²) in [6.07, 6.45) is 2.64. The molecule has 0 amide bonds. The number of nitrogens with one attached hydrogen (secondary N) is 1. The number of furan rings is 1. The fourth-order valence-corrected chi connectivity index (χ4v) is 3.74. The lowest BCUT2D eigenvalue weighted by Gasteiger charge is -2.34. The number of nitrogens with zero attached hydrogens (tertiary/aromatic N) is 1. The molecule has 2 heterocycles. The Morgan fingerprint density at radius 2 is 1.96 bits per heavy atom. The third-order valence-corrected chi connectivity index (χ3v) is 4.88. The van der Waals surface area contributed by atoms with E-state index in [1.54, 1.807) is 18.4 Å². The third-order valence-electron chi connectivity index (χ3n) is 4.88. The first-order valence-corrected chi connectivity index (χ1v) is 8.20. The van der Waals surface area contributed by atoms with E-state index in [9.17, 15) is 10.1 Å². The summed E-state index contributed by atoms with van der Waals surface area (Å²) in [5, 5.41) is 12.6. The van der Waals surface area contributed by atoms with Crippen LogP contribution in [0.25, 0.3) is 0 Å². The van der Waals surface area contributed by atoms with E-state index in [2.05, 4.69) is 11.4 Å². The molecule has 0 saturated carbocycles. The Bertz CT molecular complexity index is 918. The highest BCUT2D eigenvalue weighted by atomic mass is 16.3. The maximum Gasteiger partial charge on any atom is 0.162 e. The van der Waals surface area contributed by atoms with Crippen LogP contribution < -0.4 is 11.1 Å². The van der Waals surface area contributed by atoms with Crippen molar-refractivity contribution in [1.29, 1.82) is 5.26 Å². The van der Waals surface area contributed by atoms with Gasteiger partial charge < -0.3 is 15.5 Å². The summed E-state index contributed by atoms with van der Waals surface area (Å²) in [7, 11) is 0. The number of allylic oxidation sites excluding steroid dienone is 3. The van der Waals surface area contributed by atoms with Gasteiger partial charge in [0.05, 0.1) is 23.8 Å². The van der Waals surface area contributed by atoms with E-state index in [4.69, 9.17) is 10.2 Å². The molecule has 2 unspecified atom stereocenters. The molecule has 1 aliphatic carbocycles. The van der Waals surface area contributed by atoms with E-state index < -0.39 is 5.92 Å². The number of benzene rings is 1. The van der Waals surface area contributed by atoms with Crippen LogP contribution in [0.3, 0.4) is 0 Å². The van der Waals surface area contributed by atoms with Gasteiger partial charge in [-0.25, -0.2) is 0 Å². The highest BCUT2D eigenvalue weighted by Crippen LogP contribution is 2.44. The zero-order valence-corrected chi connectivity index (χ0v) is 13.5. The molecule has 2 aromatic rings. The highest BCUT2D eigenvalue weighted by Gasteiger charge is 2.40. The van der Waals surface area contributed by atoms with Gasteiger partial charge >= 0.3 is 0 Å². The van der Waals surface area contributed by atoms with Gasteiger partial charge in [0, 0.05) is 17.7 Å². The van der Waals surface area contributed by atoms with Crippen molar-refractivity contribution in [2.24, 2.45) is 5.73 Å². The smallest absolute Gasteiger partial charge is 0.162 e. The van der Waals surface area contributed by atoms with Crippen LogP contribution in [0.2, 0.25) is 0 Å². The number of ketones is 1. The summed E-state index contributed by atoms with van der Waals surface area (Å²) >= 11 is 0. The standard InChI is InChI=1S/C20H17N3O2/c21-11-14-18(17-7-4-8-25-17)19-15(23-20(14)22)9-13(10-16(19)24)12-5-2-1-3-6-12/h1-8,13,18,23H,9-10,22H2. The minimum absolute atomic E-state index is 0.0317. The number of hydrogen-bond donors (Lipinski definition) is 2. The lowest BCUT2D eigenvalue weighted by molar-refractivity contribution is -0.116. The molecule has 1 aliphatic heterocycles. The van der Waals surface area contributed by atoms with Crippen LogP contribution in [0.5, 0.6) is 0 Å². The molecule has 0 fully saturated rings. The van der Waals surface area contributed by atoms with Gasteiger partial charge in [-0.3, -0.25) is 4.79 Å². The number of nitrogens with two attached hydrogens (primary N) is 1. The van der Waals surface area contributed by atoms with E-state index in [0.29, 0.717) is 35.6 Å². The van der Waals surface area contributed by atoms with Crippen molar-refractivity contribution in [3.8, 4) is 6.07 Å². The van der Waals surface area contributed by atoms with Gasteiger partial charge in [0.1, 0.15) is 11.6 Å². The van der Waals surface area contributed by atoms with E-state index in [0.717, 1.165) is 11.3 Å². The minimum Gasteiger partial charge on any atom is -0.468 e. The Morgan fingerprint density at radius 1 is 1.16 bits per heavy atom. The maximum atomic E-state index is 13.0. The second kappa shape index (κ2) is 5.99.